The highest BCUT2D eigenvalue weighted by Crippen LogP contribution is 2.36. The van der Waals surface area contributed by atoms with Gasteiger partial charge in [0.05, 0.1) is 6.10 Å². The average Bonchev–Trinajstić information content (AvgIpc) is 2.84. The second-order valence-corrected chi connectivity index (χ2v) is 5.12. The first-order valence-corrected chi connectivity index (χ1v) is 6.28. The molecule has 4 heteroatoms. The van der Waals surface area contributed by atoms with Crippen molar-refractivity contribution in [2.75, 3.05) is 6.54 Å². The third-order valence-electron chi connectivity index (χ3n) is 4.22. The van der Waals surface area contributed by atoms with Gasteiger partial charge in [-0.05, 0) is 39.2 Å². The summed E-state index contributed by atoms with van der Waals surface area (Å²) in [5.74, 6) is -0.455. The average molecular weight is 227 g/mol. The molecule has 0 spiro atoms. The Morgan fingerprint density at radius 1 is 1.31 bits per heavy atom. The molecule has 2 fully saturated rings. The van der Waals surface area contributed by atoms with E-state index in [1.165, 1.54) is 0 Å². The lowest BCUT2D eigenvalue weighted by Gasteiger charge is -2.33. The number of rotatable bonds is 3. The van der Waals surface area contributed by atoms with Crippen molar-refractivity contribution >= 4 is 5.97 Å². The largest absolute Gasteiger partial charge is 0.480 e. The van der Waals surface area contributed by atoms with Gasteiger partial charge >= 0.3 is 5.97 Å². The maximum Gasteiger partial charge on any atom is 0.320 e. The van der Waals surface area contributed by atoms with Gasteiger partial charge in [-0.15, -0.1) is 0 Å². The molecule has 4 nitrogen and oxygen atoms in total. The van der Waals surface area contributed by atoms with E-state index in [0.717, 1.165) is 38.6 Å². The Bertz CT molecular complexity index is 269. The van der Waals surface area contributed by atoms with Crippen LogP contribution in [-0.2, 0) is 4.79 Å². The van der Waals surface area contributed by atoms with Crippen molar-refractivity contribution in [3.05, 3.63) is 0 Å². The second-order valence-electron chi connectivity index (χ2n) is 5.12. The van der Waals surface area contributed by atoms with Gasteiger partial charge < -0.3 is 10.2 Å². The molecule has 4 atom stereocenters. The van der Waals surface area contributed by atoms with Crippen LogP contribution in [0.15, 0.2) is 0 Å². The molecule has 0 amide bonds. The molecular formula is C12H21NO3. The minimum absolute atomic E-state index is 0.216. The Morgan fingerprint density at radius 2 is 2.06 bits per heavy atom. The van der Waals surface area contributed by atoms with Crippen molar-refractivity contribution in [2.24, 2.45) is 5.92 Å². The fraction of sp³-hybridized carbons (Fsp3) is 0.917. The van der Waals surface area contributed by atoms with Gasteiger partial charge in [-0.1, -0.05) is 6.42 Å². The van der Waals surface area contributed by atoms with Gasteiger partial charge in [0.15, 0.2) is 0 Å². The molecule has 1 heterocycles. The van der Waals surface area contributed by atoms with Gasteiger partial charge in [-0.3, -0.25) is 9.69 Å². The molecule has 1 saturated carbocycles. The summed E-state index contributed by atoms with van der Waals surface area (Å²) in [5, 5.41) is 19.0. The van der Waals surface area contributed by atoms with Gasteiger partial charge in [0.2, 0.25) is 0 Å². The molecule has 2 rings (SSSR count). The predicted octanol–water partition coefficient (Wildman–Crippen LogP) is 1.08. The standard InChI is InChI=1S/C12H21NO3/c1-8(12(15)16)13-7-3-5-10(13)9-4-2-6-11(9)14/h8-11,14H,2-7H2,1H3,(H,15,16). The molecule has 4 unspecified atom stereocenters. The van der Waals surface area contributed by atoms with E-state index in [4.69, 9.17) is 5.11 Å². The molecule has 0 bridgehead atoms. The predicted molar refractivity (Wildman–Crippen MR) is 60.2 cm³/mol. The topological polar surface area (TPSA) is 60.8 Å². The zero-order valence-corrected chi connectivity index (χ0v) is 9.80. The Kier molecular flexibility index (Phi) is 3.50. The Hall–Kier alpha value is -0.610. The molecule has 2 aliphatic rings. The summed E-state index contributed by atoms with van der Waals surface area (Å²) < 4.78 is 0. The number of nitrogens with zero attached hydrogens (tertiary/aromatic N) is 1. The van der Waals surface area contributed by atoms with Crippen LogP contribution in [-0.4, -0.2) is 45.8 Å². The minimum Gasteiger partial charge on any atom is -0.480 e. The van der Waals surface area contributed by atoms with E-state index < -0.39 is 12.0 Å². The van der Waals surface area contributed by atoms with Gasteiger partial charge in [-0.2, -0.15) is 0 Å². The van der Waals surface area contributed by atoms with Gasteiger partial charge in [0, 0.05) is 12.0 Å². The number of aliphatic carboxylic acids is 1. The van der Waals surface area contributed by atoms with Crippen molar-refractivity contribution in [3.63, 3.8) is 0 Å². The number of carbonyl (C=O) groups is 1. The molecule has 0 aromatic rings. The highest BCUT2D eigenvalue weighted by Gasteiger charge is 2.41. The first-order chi connectivity index (χ1) is 7.61. The van der Waals surface area contributed by atoms with Crippen LogP contribution >= 0.6 is 0 Å². The molecule has 16 heavy (non-hydrogen) atoms. The Morgan fingerprint density at radius 3 is 2.62 bits per heavy atom. The van der Waals surface area contributed by atoms with E-state index in [2.05, 4.69) is 4.90 Å². The van der Waals surface area contributed by atoms with Crippen LogP contribution in [0.2, 0.25) is 0 Å². The van der Waals surface area contributed by atoms with Crippen LogP contribution in [0, 0.1) is 5.92 Å². The lowest BCUT2D eigenvalue weighted by atomic mass is 9.93. The molecule has 0 aromatic carbocycles. The summed E-state index contributed by atoms with van der Waals surface area (Å²) in [7, 11) is 0. The van der Waals surface area contributed by atoms with Gasteiger partial charge in [-0.25, -0.2) is 0 Å². The highest BCUT2D eigenvalue weighted by molar-refractivity contribution is 5.73. The Balaban J connectivity index is 2.05. The Labute approximate surface area is 96.3 Å². The highest BCUT2D eigenvalue weighted by atomic mass is 16.4. The van der Waals surface area contributed by atoms with Crippen LogP contribution in [0.3, 0.4) is 0 Å². The van der Waals surface area contributed by atoms with Gasteiger partial charge in [0.1, 0.15) is 6.04 Å². The lowest BCUT2D eigenvalue weighted by molar-refractivity contribution is -0.143. The van der Waals surface area contributed by atoms with E-state index in [0.29, 0.717) is 5.92 Å². The fourth-order valence-electron chi connectivity index (χ4n) is 3.32. The molecular weight excluding hydrogens is 206 g/mol. The lowest BCUT2D eigenvalue weighted by Crippen LogP contribution is -2.46. The van der Waals surface area contributed by atoms with E-state index in [1.54, 1.807) is 6.92 Å². The monoisotopic (exact) mass is 227 g/mol. The van der Waals surface area contributed by atoms with E-state index in [9.17, 15) is 9.90 Å². The van der Waals surface area contributed by atoms with Crippen LogP contribution in [0.4, 0.5) is 0 Å². The van der Waals surface area contributed by atoms with E-state index in [-0.39, 0.29) is 12.1 Å². The van der Waals surface area contributed by atoms with Gasteiger partial charge in [0.25, 0.3) is 0 Å². The summed E-state index contributed by atoms with van der Waals surface area (Å²) in [5.41, 5.74) is 0. The van der Waals surface area contributed by atoms with Crippen molar-refractivity contribution < 1.29 is 15.0 Å². The van der Waals surface area contributed by atoms with E-state index in [1.807, 2.05) is 0 Å². The van der Waals surface area contributed by atoms with Crippen LogP contribution in [0.5, 0.6) is 0 Å². The maximum atomic E-state index is 11.0. The molecule has 0 radical (unpaired) electrons. The zero-order valence-electron chi connectivity index (χ0n) is 9.80. The number of hydrogen-bond acceptors (Lipinski definition) is 3. The minimum atomic E-state index is -0.751. The smallest absolute Gasteiger partial charge is 0.320 e. The summed E-state index contributed by atoms with van der Waals surface area (Å²) >= 11 is 0. The van der Waals surface area contributed by atoms with Crippen LogP contribution in [0.25, 0.3) is 0 Å². The number of aliphatic hydroxyl groups is 1. The molecule has 1 aliphatic heterocycles. The molecule has 1 saturated heterocycles. The fourth-order valence-corrected chi connectivity index (χ4v) is 3.32. The zero-order chi connectivity index (χ0) is 11.7. The molecule has 0 aromatic heterocycles. The summed E-state index contributed by atoms with van der Waals surface area (Å²) in [6.07, 6.45) is 4.90. The van der Waals surface area contributed by atoms with Crippen molar-refractivity contribution in [3.8, 4) is 0 Å². The molecule has 1 aliphatic carbocycles. The van der Waals surface area contributed by atoms with Crippen molar-refractivity contribution in [2.45, 2.75) is 57.2 Å². The van der Waals surface area contributed by atoms with Crippen LogP contribution < -0.4 is 0 Å². The normalized spacial score (nSPS) is 37.8. The third-order valence-corrected chi connectivity index (χ3v) is 4.22. The first kappa shape index (κ1) is 11.9. The van der Waals surface area contributed by atoms with Crippen molar-refractivity contribution in [1.29, 1.82) is 0 Å². The third kappa shape index (κ3) is 2.09. The molecule has 92 valence electrons. The van der Waals surface area contributed by atoms with Crippen molar-refractivity contribution in [1.82, 2.24) is 4.90 Å². The molecule has 2 N–H and O–H groups in total. The maximum absolute atomic E-state index is 11.0. The van der Waals surface area contributed by atoms with Crippen LogP contribution in [0.1, 0.15) is 39.0 Å². The summed E-state index contributed by atoms with van der Waals surface area (Å²) in [6, 6.07) is -0.135. The number of carboxylic acid groups (broad SMARTS) is 1. The number of carboxylic acids is 1. The second kappa shape index (κ2) is 4.72. The number of likely N-dealkylation sites (tertiary alicyclic amines) is 1. The first-order valence-electron chi connectivity index (χ1n) is 6.28. The summed E-state index contributed by atoms with van der Waals surface area (Å²) in [4.78, 5) is 13.1. The summed E-state index contributed by atoms with van der Waals surface area (Å²) in [6.45, 7) is 2.61. The van der Waals surface area contributed by atoms with E-state index >= 15 is 0 Å². The quantitative estimate of drug-likeness (QED) is 0.757. The number of hydrogen-bond donors (Lipinski definition) is 2. The number of aliphatic hydroxyl groups excluding tert-OH is 1. The SMILES string of the molecule is CC(C(=O)O)N1CCCC1C1CCCC1O.